The third-order valence-corrected chi connectivity index (χ3v) is 3.61. The van der Waals surface area contributed by atoms with Crippen molar-refractivity contribution in [3.05, 3.63) is 36.2 Å². The quantitative estimate of drug-likeness (QED) is 0.844. The summed E-state index contributed by atoms with van der Waals surface area (Å²) < 4.78 is 3.85. The van der Waals surface area contributed by atoms with E-state index in [1.54, 1.807) is 10.9 Å². The van der Waals surface area contributed by atoms with Gasteiger partial charge in [0.05, 0.1) is 24.7 Å². The molecule has 0 saturated heterocycles. The highest BCUT2D eigenvalue weighted by Crippen LogP contribution is 2.17. The van der Waals surface area contributed by atoms with Crippen LogP contribution in [0.1, 0.15) is 11.4 Å². The Labute approximate surface area is 112 Å². The number of β-amino-alcohol motifs (C(OH)–C–C–N with tert-alkyl or cyclic N) is 1. The smallest absolute Gasteiger partial charge is 0.0949 e. The lowest BCUT2D eigenvalue weighted by Gasteiger charge is -2.28. The van der Waals surface area contributed by atoms with Crippen LogP contribution in [0, 0.1) is 0 Å². The first-order chi connectivity index (χ1) is 9.22. The third kappa shape index (κ3) is 2.69. The molecule has 0 aromatic carbocycles. The van der Waals surface area contributed by atoms with E-state index in [1.807, 2.05) is 25.6 Å². The van der Waals surface area contributed by atoms with E-state index in [9.17, 15) is 5.11 Å². The molecule has 0 radical (unpaired) electrons. The van der Waals surface area contributed by atoms with E-state index in [0.29, 0.717) is 13.1 Å². The topological polar surface area (TPSA) is 59.1 Å². The van der Waals surface area contributed by atoms with Crippen LogP contribution in [0.5, 0.6) is 0 Å². The van der Waals surface area contributed by atoms with Crippen molar-refractivity contribution >= 4 is 0 Å². The van der Waals surface area contributed by atoms with Crippen molar-refractivity contribution in [3.63, 3.8) is 0 Å². The molecule has 2 aromatic rings. The Hall–Kier alpha value is -1.66. The highest BCUT2D eigenvalue weighted by atomic mass is 16.3. The molecule has 0 saturated carbocycles. The van der Waals surface area contributed by atoms with Crippen molar-refractivity contribution in [1.29, 1.82) is 0 Å². The molecule has 0 amide bonds. The van der Waals surface area contributed by atoms with Crippen LogP contribution in [0.25, 0.3) is 0 Å². The van der Waals surface area contributed by atoms with Gasteiger partial charge in [-0.2, -0.15) is 5.10 Å². The first kappa shape index (κ1) is 12.4. The first-order valence-corrected chi connectivity index (χ1v) is 6.59. The van der Waals surface area contributed by atoms with Crippen molar-refractivity contribution < 1.29 is 5.11 Å². The molecule has 19 heavy (non-hydrogen) atoms. The van der Waals surface area contributed by atoms with Gasteiger partial charge in [-0.05, 0) is 6.07 Å². The lowest BCUT2D eigenvalue weighted by Crippen LogP contribution is -2.38. The van der Waals surface area contributed by atoms with Crippen molar-refractivity contribution in [3.8, 4) is 0 Å². The molecule has 6 heteroatoms. The largest absolute Gasteiger partial charge is 0.390 e. The molecule has 1 aliphatic heterocycles. The number of aliphatic hydroxyl groups excluding tert-OH is 1. The maximum Gasteiger partial charge on any atom is 0.0949 e. The van der Waals surface area contributed by atoms with Crippen LogP contribution >= 0.6 is 0 Å². The Balaban J connectivity index is 1.57. The van der Waals surface area contributed by atoms with Crippen LogP contribution in [0.3, 0.4) is 0 Å². The third-order valence-electron chi connectivity index (χ3n) is 3.61. The molecule has 6 nitrogen and oxygen atoms in total. The zero-order valence-electron chi connectivity index (χ0n) is 11.1. The van der Waals surface area contributed by atoms with E-state index in [1.165, 1.54) is 5.69 Å². The predicted octanol–water partition coefficient (Wildman–Crippen LogP) is 0.0358. The van der Waals surface area contributed by atoms with Crippen LogP contribution < -0.4 is 0 Å². The van der Waals surface area contributed by atoms with E-state index < -0.39 is 6.10 Å². The van der Waals surface area contributed by atoms with E-state index in [0.717, 1.165) is 25.2 Å². The van der Waals surface area contributed by atoms with Gasteiger partial charge in [-0.1, -0.05) is 0 Å². The Kier molecular flexibility index (Phi) is 3.35. The monoisotopic (exact) mass is 261 g/mol. The van der Waals surface area contributed by atoms with Gasteiger partial charge in [-0.15, -0.1) is 0 Å². The van der Waals surface area contributed by atoms with Crippen molar-refractivity contribution in [2.45, 2.75) is 25.6 Å². The molecule has 0 aliphatic carbocycles. The minimum Gasteiger partial charge on any atom is -0.390 e. The minimum atomic E-state index is -0.398. The molecule has 0 fully saturated rings. The van der Waals surface area contributed by atoms with Gasteiger partial charge in [0.2, 0.25) is 0 Å². The van der Waals surface area contributed by atoms with Crippen LogP contribution in [0.15, 0.2) is 24.8 Å². The summed E-state index contributed by atoms with van der Waals surface area (Å²) in [6.07, 6.45) is 6.07. The van der Waals surface area contributed by atoms with Crippen LogP contribution in [0.2, 0.25) is 0 Å². The molecule has 3 heterocycles. The van der Waals surface area contributed by atoms with Crippen LogP contribution in [-0.4, -0.2) is 48.5 Å². The Morgan fingerprint density at radius 3 is 3.11 bits per heavy atom. The summed E-state index contributed by atoms with van der Waals surface area (Å²) in [5.74, 6) is 0. The molecular formula is C13H19N5O. The predicted molar refractivity (Wildman–Crippen MR) is 70.4 cm³/mol. The molecule has 0 bridgehead atoms. The SMILES string of the molecule is Cn1cnc2c1CCN(C[C@@H](O)Cn1cccn1)C2. The normalized spacial score (nSPS) is 17.4. The lowest BCUT2D eigenvalue weighted by atomic mass is 10.1. The molecule has 3 rings (SSSR count). The average Bonchev–Trinajstić information content (AvgIpc) is 3.00. The van der Waals surface area contributed by atoms with Gasteiger partial charge in [0, 0.05) is 51.2 Å². The van der Waals surface area contributed by atoms with E-state index >= 15 is 0 Å². The molecule has 1 N–H and O–H groups in total. The number of hydrogen-bond acceptors (Lipinski definition) is 4. The number of aryl methyl sites for hydroxylation is 1. The Morgan fingerprint density at radius 1 is 1.42 bits per heavy atom. The summed E-state index contributed by atoms with van der Waals surface area (Å²) in [4.78, 5) is 6.67. The fourth-order valence-electron chi connectivity index (χ4n) is 2.65. The molecule has 102 valence electrons. The van der Waals surface area contributed by atoms with Gasteiger partial charge in [0.15, 0.2) is 0 Å². The number of hydrogen-bond donors (Lipinski definition) is 1. The highest BCUT2D eigenvalue weighted by molar-refractivity contribution is 5.16. The molecule has 0 spiro atoms. The average molecular weight is 261 g/mol. The van der Waals surface area contributed by atoms with Gasteiger partial charge in [-0.3, -0.25) is 9.58 Å². The van der Waals surface area contributed by atoms with Crippen molar-refractivity contribution in [2.24, 2.45) is 7.05 Å². The fourth-order valence-corrected chi connectivity index (χ4v) is 2.65. The Bertz CT molecular complexity index is 533. The number of rotatable bonds is 4. The van der Waals surface area contributed by atoms with E-state index in [-0.39, 0.29) is 0 Å². The van der Waals surface area contributed by atoms with E-state index in [2.05, 4.69) is 19.5 Å². The second-order valence-corrected chi connectivity index (χ2v) is 5.12. The summed E-state index contributed by atoms with van der Waals surface area (Å²) in [5, 5.41) is 14.2. The maximum atomic E-state index is 10.1. The number of imidazole rings is 1. The summed E-state index contributed by atoms with van der Waals surface area (Å²) >= 11 is 0. The standard InChI is InChI=1S/C13H19N5O/c1-16-10-14-12-9-17(6-3-13(12)16)7-11(19)8-18-5-2-4-15-18/h2,4-5,10-11,19H,3,6-9H2,1H3/t11-/m1/s1. The number of aliphatic hydroxyl groups is 1. The summed E-state index contributed by atoms with van der Waals surface area (Å²) in [6.45, 7) is 3.00. The van der Waals surface area contributed by atoms with Gasteiger partial charge in [0.1, 0.15) is 0 Å². The van der Waals surface area contributed by atoms with E-state index in [4.69, 9.17) is 0 Å². The molecule has 0 unspecified atom stereocenters. The second kappa shape index (κ2) is 5.14. The maximum absolute atomic E-state index is 10.1. The summed E-state index contributed by atoms with van der Waals surface area (Å²) in [5.41, 5.74) is 2.46. The number of fused-ring (bicyclic) bond motifs is 1. The molecule has 2 aromatic heterocycles. The van der Waals surface area contributed by atoms with Crippen LogP contribution in [0.4, 0.5) is 0 Å². The number of aromatic nitrogens is 4. The zero-order valence-corrected chi connectivity index (χ0v) is 11.1. The lowest BCUT2D eigenvalue weighted by molar-refractivity contribution is 0.0879. The van der Waals surface area contributed by atoms with Crippen molar-refractivity contribution in [1.82, 2.24) is 24.2 Å². The van der Waals surface area contributed by atoms with Crippen molar-refractivity contribution in [2.75, 3.05) is 13.1 Å². The first-order valence-electron chi connectivity index (χ1n) is 6.59. The van der Waals surface area contributed by atoms with Gasteiger partial charge < -0.3 is 9.67 Å². The second-order valence-electron chi connectivity index (χ2n) is 5.12. The highest BCUT2D eigenvalue weighted by Gasteiger charge is 2.21. The molecule has 1 aliphatic rings. The molecule has 1 atom stereocenters. The van der Waals surface area contributed by atoms with Gasteiger partial charge in [-0.25, -0.2) is 4.98 Å². The van der Waals surface area contributed by atoms with Gasteiger partial charge in [0.25, 0.3) is 0 Å². The fraction of sp³-hybridized carbons (Fsp3) is 0.538. The Morgan fingerprint density at radius 2 is 2.32 bits per heavy atom. The minimum absolute atomic E-state index is 0.398. The van der Waals surface area contributed by atoms with Crippen LogP contribution in [-0.2, 0) is 26.6 Å². The summed E-state index contributed by atoms with van der Waals surface area (Å²) in [6, 6.07) is 1.87. The summed E-state index contributed by atoms with van der Waals surface area (Å²) in [7, 11) is 2.04. The number of nitrogens with zero attached hydrogens (tertiary/aromatic N) is 5. The molecular weight excluding hydrogens is 242 g/mol. The zero-order chi connectivity index (χ0) is 13.2. The van der Waals surface area contributed by atoms with Gasteiger partial charge >= 0.3 is 0 Å².